The third kappa shape index (κ3) is 3.29. The van der Waals surface area contributed by atoms with Gasteiger partial charge in [-0.1, -0.05) is 0 Å². The molecule has 122 valence electrons. The van der Waals surface area contributed by atoms with Crippen LogP contribution in [0.1, 0.15) is 10.4 Å². The predicted molar refractivity (Wildman–Crippen MR) is 78.9 cm³/mol. The van der Waals surface area contributed by atoms with Gasteiger partial charge >= 0.3 is 5.97 Å². The fourth-order valence-corrected chi connectivity index (χ4v) is 3.04. The van der Waals surface area contributed by atoms with Crippen LogP contribution in [0.25, 0.3) is 0 Å². The maximum Gasteiger partial charge on any atom is 0.322 e. The van der Waals surface area contributed by atoms with E-state index in [-0.39, 0.29) is 5.56 Å². The van der Waals surface area contributed by atoms with Gasteiger partial charge in [0.05, 0.1) is 14.2 Å². The number of carboxylic acids is 1. The first-order valence-electron chi connectivity index (χ1n) is 6.40. The number of benzene rings is 1. The van der Waals surface area contributed by atoms with Crippen LogP contribution < -0.4 is 14.8 Å². The van der Waals surface area contributed by atoms with Gasteiger partial charge in [0, 0.05) is 10.5 Å². The highest BCUT2D eigenvalue weighted by Crippen LogP contribution is 2.41. The molecule has 0 saturated carbocycles. The maximum atomic E-state index is 12.4. The summed E-state index contributed by atoms with van der Waals surface area (Å²) >= 11 is 0.731. The van der Waals surface area contributed by atoms with Crippen molar-refractivity contribution in [2.45, 2.75) is 4.90 Å². The molecule has 2 N–H and O–H groups in total. The minimum Gasteiger partial charge on any atom is -0.493 e. The molecule has 1 aromatic carbocycles. The van der Waals surface area contributed by atoms with E-state index in [1.807, 2.05) is 5.32 Å². The lowest BCUT2D eigenvalue weighted by atomic mass is 9.96. The molecule has 9 heteroatoms. The average Bonchev–Trinajstić information content (AvgIpc) is 2.51. The minimum absolute atomic E-state index is 0.155. The Morgan fingerprint density at radius 1 is 1.22 bits per heavy atom. The number of carbonyl (C=O) groups is 4. The molecule has 0 saturated heterocycles. The number of nitrogens with one attached hydrogen (secondary N) is 1. The number of carboxylic acid groups (broad SMARTS) is 1. The third-order valence-corrected chi connectivity index (χ3v) is 4.13. The summed E-state index contributed by atoms with van der Waals surface area (Å²) in [6.07, 6.45) is 0. The van der Waals surface area contributed by atoms with Crippen LogP contribution in [0.15, 0.2) is 17.0 Å². The lowest BCUT2D eigenvalue weighted by Crippen LogP contribution is -2.42. The molecule has 0 aromatic heterocycles. The molecule has 1 aliphatic heterocycles. The Labute approximate surface area is 135 Å². The normalized spacial score (nSPS) is 16.5. The van der Waals surface area contributed by atoms with Gasteiger partial charge in [-0.15, -0.1) is 0 Å². The van der Waals surface area contributed by atoms with Crippen LogP contribution in [0.4, 0.5) is 0 Å². The molecule has 8 nitrogen and oxygen atoms in total. The lowest BCUT2D eigenvalue weighted by molar-refractivity contribution is -0.139. The highest BCUT2D eigenvalue weighted by atomic mass is 32.2. The third-order valence-electron chi connectivity index (χ3n) is 3.14. The summed E-state index contributed by atoms with van der Waals surface area (Å²) in [5.74, 6) is -3.84. The number of thioether (sulfide) groups is 1. The van der Waals surface area contributed by atoms with Crippen molar-refractivity contribution >= 4 is 34.5 Å². The molecule has 0 aliphatic carbocycles. The molecule has 1 atom stereocenters. The SMILES string of the molecule is COc1cc2c(cc1OC)C(=O)C(C(=O)NCC(=O)O)C(=O)S2. The summed E-state index contributed by atoms with van der Waals surface area (Å²) in [6.45, 7) is -0.667. The van der Waals surface area contributed by atoms with Crippen LogP contribution in [0.3, 0.4) is 0 Å². The fraction of sp³-hybridized carbons (Fsp3) is 0.286. The molecule has 1 heterocycles. The number of carbonyl (C=O) groups excluding carboxylic acids is 3. The molecule has 1 unspecified atom stereocenters. The van der Waals surface area contributed by atoms with Gasteiger partial charge in [0.2, 0.25) is 11.0 Å². The van der Waals surface area contributed by atoms with Crippen molar-refractivity contribution in [3.05, 3.63) is 17.7 Å². The molecule has 0 fully saturated rings. The van der Waals surface area contributed by atoms with E-state index in [4.69, 9.17) is 14.6 Å². The van der Waals surface area contributed by atoms with Crippen LogP contribution in [-0.4, -0.2) is 48.6 Å². The van der Waals surface area contributed by atoms with Gasteiger partial charge in [-0.3, -0.25) is 19.2 Å². The van der Waals surface area contributed by atoms with Crippen molar-refractivity contribution in [1.82, 2.24) is 5.32 Å². The molecule has 0 bridgehead atoms. The number of ketones is 1. The Hall–Kier alpha value is -2.55. The predicted octanol–water partition coefficient (Wildman–Crippen LogP) is 0.336. The number of hydrogen-bond acceptors (Lipinski definition) is 7. The van der Waals surface area contributed by atoms with Crippen molar-refractivity contribution in [3.63, 3.8) is 0 Å². The summed E-state index contributed by atoms with van der Waals surface area (Å²) in [7, 11) is 2.82. The zero-order valence-electron chi connectivity index (χ0n) is 12.2. The molecular formula is C14H13NO7S. The number of amides is 1. The summed E-state index contributed by atoms with van der Waals surface area (Å²) in [5.41, 5.74) is 0.155. The second-order valence-electron chi connectivity index (χ2n) is 4.53. The lowest BCUT2D eigenvalue weighted by Gasteiger charge is -2.22. The quantitative estimate of drug-likeness (QED) is 0.737. The van der Waals surface area contributed by atoms with E-state index in [0.717, 1.165) is 11.8 Å². The first-order valence-corrected chi connectivity index (χ1v) is 7.22. The number of Topliss-reactive ketones (excluding diaryl/α,β-unsaturated/α-hetero) is 1. The van der Waals surface area contributed by atoms with Crippen LogP contribution in [0.5, 0.6) is 11.5 Å². The zero-order chi connectivity index (χ0) is 17.1. The summed E-state index contributed by atoms with van der Waals surface area (Å²) in [6, 6.07) is 2.88. The van der Waals surface area contributed by atoms with Crippen LogP contribution in [0, 0.1) is 5.92 Å². The second-order valence-corrected chi connectivity index (χ2v) is 5.58. The summed E-state index contributed by atoms with van der Waals surface area (Å²) in [5, 5.41) is 9.93. The molecule has 1 aromatic rings. The molecular weight excluding hydrogens is 326 g/mol. The van der Waals surface area contributed by atoms with Gasteiger partial charge in [-0.05, 0) is 23.9 Å². The average molecular weight is 339 g/mol. The molecule has 1 amide bonds. The highest BCUT2D eigenvalue weighted by Gasteiger charge is 2.41. The van der Waals surface area contributed by atoms with Gasteiger partial charge in [0.1, 0.15) is 6.54 Å². The number of methoxy groups -OCH3 is 2. The van der Waals surface area contributed by atoms with E-state index in [9.17, 15) is 19.2 Å². The fourth-order valence-electron chi connectivity index (χ4n) is 2.06. The Morgan fingerprint density at radius 2 is 1.83 bits per heavy atom. The summed E-state index contributed by atoms with van der Waals surface area (Å²) in [4.78, 5) is 47.3. The Bertz CT molecular complexity index is 701. The number of ether oxygens (including phenoxy) is 2. The van der Waals surface area contributed by atoms with E-state index < -0.39 is 35.2 Å². The molecule has 2 rings (SSSR count). The second kappa shape index (κ2) is 6.69. The van der Waals surface area contributed by atoms with Gasteiger partial charge in [0.15, 0.2) is 23.2 Å². The standard InChI is InChI=1S/C14H13NO7S/c1-21-7-3-6-9(4-8(7)22-2)23-14(20)11(12(6)18)13(19)15-5-10(16)17/h3-4,11H,5H2,1-2H3,(H,15,19)(H,16,17). The van der Waals surface area contributed by atoms with Crippen LogP contribution >= 0.6 is 11.8 Å². The molecule has 1 aliphatic rings. The van der Waals surface area contributed by atoms with E-state index in [2.05, 4.69) is 0 Å². The first kappa shape index (κ1) is 16.8. The van der Waals surface area contributed by atoms with Crippen molar-refractivity contribution in [2.24, 2.45) is 5.92 Å². The van der Waals surface area contributed by atoms with E-state index >= 15 is 0 Å². The number of aliphatic carboxylic acids is 1. The summed E-state index contributed by atoms with van der Waals surface area (Å²) < 4.78 is 10.2. The topological polar surface area (TPSA) is 119 Å². The number of fused-ring (bicyclic) bond motifs is 1. The zero-order valence-corrected chi connectivity index (χ0v) is 13.1. The van der Waals surface area contributed by atoms with E-state index in [1.54, 1.807) is 0 Å². The number of rotatable bonds is 5. The Balaban J connectivity index is 2.36. The van der Waals surface area contributed by atoms with Crippen molar-refractivity contribution in [1.29, 1.82) is 0 Å². The van der Waals surface area contributed by atoms with Gasteiger partial charge < -0.3 is 19.9 Å². The minimum atomic E-state index is -1.58. The van der Waals surface area contributed by atoms with Gasteiger partial charge in [0.25, 0.3) is 0 Å². The first-order chi connectivity index (χ1) is 10.9. The van der Waals surface area contributed by atoms with Crippen LogP contribution in [-0.2, 0) is 14.4 Å². The maximum absolute atomic E-state index is 12.4. The van der Waals surface area contributed by atoms with E-state index in [1.165, 1.54) is 26.4 Å². The van der Waals surface area contributed by atoms with Crippen molar-refractivity contribution in [2.75, 3.05) is 20.8 Å². The van der Waals surface area contributed by atoms with E-state index in [0.29, 0.717) is 16.4 Å². The smallest absolute Gasteiger partial charge is 0.322 e. The van der Waals surface area contributed by atoms with Crippen molar-refractivity contribution in [3.8, 4) is 11.5 Å². The molecule has 0 radical (unpaired) electrons. The van der Waals surface area contributed by atoms with Crippen molar-refractivity contribution < 1.29 is 33.8 Å². The largest absolute Gasteiger partial charge is 0.493 e. The highest BCUT2D eigenvalue weighted by molar-refractivity contribution is 8.14. The van der Waals surface area contributed by atoms with Gasteiger partial charge in [-0.25, -0.2) is 0 Å². The monoisotopic (exact) mass is 339 g/mol. The van der Waals surface area contributed by atoms with Crippen LogP contribution in [0.2, 0.25) is 0 Å². The molecule has 23 heavy (non-hydrogen) atoms. The number of hydrogen-bond donors (Lipinski definition) is 2. The van der Waals surface area contributed by atoms with Gasteiger partial charge in [-0.2, -0.15) is 0 Å². The molecule has 0 spiro atoms. The Morgan fingerprint density at radius 3 is 2.39 bits per heavy atom. The Kier molecular flexibility index (Phi) is 4.89.